The number of para-hydroxylation sites is 1. The fourth-order valence-corrected chi connectivity index (χ4v) is 9.65. The summed E-state index contributed by atoms with van der Waals surface area (Å²) in [7, 11) is 0. The van der Waals surface area contributed by atoms with Gasteiger partial charge in [-0.1, -0.05) is 223 Å². The second-order valence-electron chi connectivity index (χ2n) is 23.7. The first kappa shape index (κ1) is 40.0. The molecular weight excluding hydrogens is 1080 g/mol. The summed E-state index contributed by atoms with van der Waals surface area (Å²) in [5.74, 6) is 0.460. The quantitative estimate of drug-likeness (QED) is 0.162. The van der Waals surface area contributed by atoms with E-state index in [0.717, 1.165) is 38.9 Å². The van der Waals surface area contributed by atoms with Gasteiger partial charge in [-0.2, -0.15) is 0 Å². The SMILES string of the molecule is [2H]C([2H])([2H])c1cc(-n2c(-c3cc(C(C)(C)C)cc(C(C)(C)C)c3O)nc3c(-c4[c-]c(-c5cc(-c6ccc(C(C([2H])([2H])[2H])(C([2H])([2H])[2H])C([2H])([2H])[2H])cc6)ccn5)cc(-c5ccccc5)c4)cccc32)c(-c2ccc(C(C)(C)C)cc2)cc1C(C)(C)C.[Pt]. The van der Waals surface area contributed by atoms with Crippen LogP contribution < -0.4 is 0 Å². The smallest absolute Gasteiger partial charge is 0.148 e. The van der Waals surface area contributed by atoms with Crippen molar-refractivity contribution in [3.05, 3.63) is 191 Å². The Bertz CT molecular complexity index is 3940. The Morgan fingerprint density at radius 1 is 0.486 bits per heavy atom. The number of phenolic OH excluding ortho intramolecular Hbond substituents is 1. The van der Waals surface area contributed by atoms with Crippen molar-refractivity contribution < 1.29 is 42.6 Å². The van der Waals surface area contributed by atoms with Gasteiger partial charge in [-0.3, -0.25) is 9.55 Å². The van der Waals surface area contributed by atoms with Crippen molar-refractivity contribution >= 4 is 11.0 Å². The molecule has 0 saturated heterocycles. The second-order valence-corrected chi connectivity index (χ2v) is 23.7. The molecule has 4 nitrogen and oxygen atoms in total. The molecule has 382 valence electrons. The fourth-order valence-electron chi connectivity index (χ4n) is 9.65. The van der Waals surface area contributed by atoms with Gasteiger partial charge in [0, 0.05) is 60.5 Å². The van der Waals surface area contributed by atoms with Gasteiger partial charge in [0.25, 0.3) is 0 Å². The number of fused-ring (bicyclic) bond motifs is 1. The van der Waals surface area contributed by atoms with Crippen LogP contribution in [0.3, 0.4) is 0 Å². The van der Waals surface area contributed by atoms with E-state index in [4.69, 9.17) is 26.4 Å². The molecule has 0 radical (unpaired) electrons. The summed E-state index contributed by atoms with van der Waals surface area (Å²) in [5.41, 5.74) is 7.88. The first-order chi connectivity index (χ1) is 39.1. The Labute approximate surface area is 473 Å². The topological polar surface area (TPSA) is 50.9 Å². The Morgan fingerprint density at radius 2 is 1.09 bits per heavy atom. The molecule has 74 heavy (non-hydrogen) atoms. The van der Waals surface area contributed by atoms with Crippen molar-refractivity contribution in [2.75, 3.05) is 0 Å². The van der Waals surface area contributed by atoms with Crippen molar-refractivity contribution in [2.45, 2.75) is 138 Å². The van der Waals surface area contributed by atoms with E-state index in [1.54, 1.807) is 18.3 Å². The Hall–Kier alpha value is -6.35. The minimum Gasteiger partial charge on any atom is -0.507 e. The average Bonchev–Trinajstić information content (AvgIpc) is 0.960. The van der Waals surface area contributed by atoms with Gasteiger partial charge >= 0.3 is 0 Å². The molecular formula is C69H74N3OPt-. The Kier molecular flexibility index (Phi) is 10.7. The van der Waals surface area contributed by atoms with Crippen LogP contribution in [-0.4, -0.2) is 19.6 Å². The maximum atomic E-state index is 12.8. The molecule has 5 heteroatoms. The number of aromatic nitrogens is 3. The molecule has 0 saturated carbocycles. The predicted octanol–water partition coefficient (Wildman–Crippen LogP) is 18.7. The summed E-state index contributed by atoms with van der Waals surface area (Å²) >= 11 is 0. The number of aryl methyl sites for hydroxylation is 1. The van der Waals surface area contributed by atoms with Gasteiger partial charge in [-0.25, -0.2) is 4.98 Å². The number of nitrogens with zero attached hydrogens (tertiary/aromatic N) is 3. The molecule has 0 aliphatic heterocycles. The van der Waals surface area contributed by atoms with Gasteiger partial charge in [0.05, 0.1) is 22.3 Å². The third-order valence-electron chi connectivity index (χ3n) is 13.9. The maximum Gasteiger partial charge on any atom is 0.148 e. The van der Waals surface area contributed by atoms with E-state index < -0.39 is 43.7 Å². The zero-order valence-electron chi connectivity index (χ0n) is 56.5. The number of aromatic hydroxyl groups is 1. The molecule has 2 aromatic heterocycles. The van der Waals surface area contributed by atoms with Crippen LogP contribution in [0.1, 0.15) is 153 Å². The van der Waals surface area contributed by atoms with E-state index in [0.29, 0.717) is 67.2 Å². The molecule has 0 fully saturated rings. The monoisotopic (exact) mass is 1170 g/mol. The summed E-state index contributed by atoms with van der Waals surface area (Å²) in [5, 5.41) is 12.8. The van der Waals surface area contributed by atoms with E-state index >= 15 is 0 Å². The van der Waals surface area contributed by atoms with Crippen LogP contribution in [0, 0.1) is 12.9 Å². The Balaban J connectivity index is 0.00000961. The van der Waals surface area contributed by atoms with Crippen molar-refractivity contribution in [3.8, 4) is 78.6 Å². The van der Waals surface area contributed by atoms with E-state index in [-0.39, 0.29) is 48.8 Å². The largest absolute Gasteiger partial charge is 0.507 e. The molecule has 9 aromatic rings. The number of hydrogen-bond donors (Lipinski definition) is 1. The van der Waals surface area contributed by atoms with E-state index in [1.807, 2.05) is 104 Å². The molecule has 1 N–H and O–H groups in total. The van der Waals surface area contributed by atoms with Gasteiger partial charge in [0.15, 0.2) is 0 Å². The maximum absolute atomic E-state index is 12.8. The van der Waals surface area contributed by atoms with Crippen molar-refractivity contribution in [3.63, 3.8) is 0 Å². The van der Waals surface area contributed by atoms with Crippen LogP contribution in [0.25, 0.3) is 83.9 Å². The van der Waals surface area contributed by atoms with Crippen molar-refractivity contribution in [2.24, 2.45) is 0 Å². The molecule has 0 amide bonds. The first-order valence-corrected chi connectivity index (χ1v) is 25.0. The number of benzene rings is 7. The van der Waals surface area contributed by atoms with Gasteiger partial charge in [-0.15, -0.1) is 23.8 Å². The fraction of sp³-hybridized carbons (Fsp3) is 0.304. The second kappa shape index (κ2) is 19.7. The predicted molar refractivity (Wildman–Crippen MR) is 310 cm³/mol. The number of rotatable bonds is 7. The minimum atomic E-state index is -3.41. The van der Waals surface area contributed by atoms with Crippen LogP contribution in [0.2, 0.25) is 0 Å². The summed E-state index contributed by atoms with van der Waals surface area (Å²) in [6.45, 7) is 12.4. The number of phenols is 1. The molecule has 0 atom stereocenters. The third-order valence-corrected chi connectivity index (χ3v) is 13.9. The van der Waals surface area contributed by atoms with Gasteiger partial charge < -0.3 is 5.11 Å². The molecule has 9 rings (SSSR count). The van der Waals surface area contributed by atoms with Gasteiger partial charge in [-0.05, 0) is 114 Å². The molecule has 0 aliphatic carbocycles. The standard InChI is InChI=1S/C69H74N3O.Pt/c1-43-35-61(55(42-57(43)68(11,12)13)46-27-31-52(32-28-46)66(5,6)7)72-60-24-20-23-54(62(60)71-64(72)56-40-53(67(8,9)10)41-58(63(56)73)69(14,15)16)49-36-48(44-21-18-17-19-22-44)37-50(38-49)59-39-47(33-34-70-59)45-25-29-51(30-26-45)65(2,3)4;/h17-37,39-42,73H,1-16H3;/q-1;/i1D3,2D3,3D3,4D3;. The summed E-state index contributed by atoms with van der Waals surface area (Å²) < 4.78 is 104. The summed E-state index contributed by atoms with van der Waals surface area (Å²) in [4.78, 5) is 10.5. The van der Waals surface area contributed by atoms with Crippen molar-refractivity contribution in [1.29, 1.82) is 0 Å². The van der Waals surface area contributed by atoms with E-state index in [9.17, 15) is 5.11 Å². The Morgan fingerprint density at radius 3 is 1.70 bits per heavy atom. The summed E-state index contributed by atoms with van der Waals surface area (Å²) in [6, 6.07) is 49.0. The third kappa shape index (κ3) is 10.8. The van der Waals surface area contributed by atoms with Crippen molar-refractivity contribution in [1.82, 2.24) is 14.5 Å². The molecule has 7 aromatic carbocycles. The normalized spacial score (nSPS) is 15.6. The number of imidazole rings is 1. The van der Waals surface area contributed by atoms with Crippen LogP contribution in [0.5, 0.6) is 5.75 Å². The number of pyridine rings is 1. The summed E-state index contributed by atoms with van der Waals surface area (Å²) in [6.07, 6.45) is 1.63. The van der Waals surface area contributed by atoms with E-state index in [1.165, 1.54) is 24.3 Å². The van der Waals surface area contributed by atoms with Gasteiger partial charge in [0.1, 0.15) is 11.6 Å². The average molecular weight is 1170 g/mol. The van der Waals surface area contributed by atoms with E-state index in [2.05, 4.69) is 98.7 Å². The zero-order chi connectivity index (χ0) is 62.6. The molecule has 0 spiro atoms. The molecule has 0 bridgehead atoms. The number of hydrogen-bond acceptors (Lipinski definition) is 3. The minimum absolute atomic E-state index is 0. The first-order valence-electron chi connectivity index (χ1n) is 31.0. The van der Waals surface area contributed by atoms with Crippen LogP contribution in [-0.2, 0) is 48.1 Å². The van der Waals surface area contributed by atoms with Crippen LogP contribution >= 0.6 is 0 Å². The molecule has 0 aliphatic rings. The van der Waals surface area contributed by atoms with Crippen LogP contribution in [0.4, 0.5) is 0 Å². The molecule has 0 unspecified atom stereocenters. The molecule has 2 heterocycles. The zero-order valence-corrected chi connectivity index (χ0v) is 46.8. The van der Waals surface area contributed by atoms with Crippen LogP contribution in [0.15, 0.2) is 152 Å². The van der Waals surface area contributed by atoms with Gasteiger partial charge in [0.2, 0.25) is 0 Å².